The molecule has 4 nitrogen and oxygen atoms in total. The molecule has 0 atom stereocenters. The molecule has 0 aliphatic heterocycles. The Bertz CT molecular complexity index is 3880. The molecule has 0 fully saturated rings. The van der Waals surface area contributed by atoms with Gasteiger partial charge in [0.25, 0.3) is 0 Å². The third kappa shape index (κ3) is 7.93. The Morgan fingerprint density at radius 1 is 0.284 bits per heavy atom. The molecular weight excluding hydrogens is 897 g/mol. The van der Waals surface area contributed by atoms with Gasteiger partial charge in [-0.15, -0.1) is 0 Å². The van der Waals surface area contributed by atoms with Gasteiger partial charge in [0, 0.05) is 21.5 Å². The molecule has 10 aromatic carbocycles. The van der Waals surface area contributed by atoms with Crippen LogP contribution < -0.4 is 0 Å². The first kappa shape index (κ1) is 45.9. The molecule has 0 radical (unpaired) electrons. The zero-order chi connectivity index (χ0) is 51.1. The first-order chi connectivity index (χ1) is 35.8. The summed E-state index contributed by atoms with van der Waals surface area (Å²) in [5, 5.41) is 27.2. The minimum atomic E-state index is 0.517. The molecule has 4 heteroatoms. The number of aromatic nitrogens is 2. The summed E-state index contributed by atoms with van der Waals surface area (Å²) in [5.74, 6) is 0. The number of fused-ring (bicyclic) bond motifs is 6. The first-order valence-electron chi connectivity index (χ1n) is 25.4. The maximum absolute atomic E-state index is 12.1. The number of benzene rings is 10. The predicted octanol–water partition coefficient (Wildman–Crippen LogP) is 18.4. The van der Waals surface area contributed by atoms with E-state index in [0.717, 1.165) is 111 Å². The molecule has 74 heavy (non-hydrogen) atoms. The van der Waals surface area contributed by atoms with E-state index < -0.39 is 0 Å². The molecule has 0 saturated heterocycles. The van der Waals surface area contributed by atoms with Crippen molar-refractivity contribution < 1.29 is 0 Å². The van der Waals surface area contributed by atoms with Gasteiger partial charge in [-0.1, -0.05) is 184 Å². The minimum absolute atomic E-state index is 0.517. The third-order valence-electron chi connectivity index (χ3n) is 14.8. The van der Waals surface area contributed by atoms with Crippen LogP contribution in [0.1, 0.15) is 55.6 Å². The maximum Gasteiger partial charge on any atom is 0.104 e. The average Bonchev–Trinajstić information content (AvgIpc) is 3.89. The van der Waals surface area contributed by atoms with Crippen LogP contribution in [-0.2, 0) is 0 Å². The summed E-state index contributed by atoms with van der Waals surface area (Å²) in [4.78, 5) is 0. The van der Waals surface area contributed by atoms with E-state index in [1.165, 1.54) is 44.5 Å². The highest BCUT2D eigenvalue weighted by molar-refractivity contribution is 6.13. The van der Waals surface area contributed by atoms with Crippen molar-refractivity contribution in [3.05, 3.63) is 238 Å². The molecule has 0 amide bonds. The van der Waals surface area contributed by atoms with Crippen molar-refractivity contribution in [2.24, 2.45) is 0 Å². The lowest BCUT2D eigenvalue weighted by atomic mass is 9.96. The number of hydrogen-bond donors (Lipinski definition) is 0. The Balaban J connectivity index is 1.25. The quantitative estimate of drug-likeness (QED) is 0.160. The van der Waals surface area contributed by atoms with Crippen molar-refractivity contribution in [3.8, 4) is 79.1 Å². The van der Waals surface area contributed by atoms with Gasteiger partial charge in [-0.3, -0.25) is 0 Å². The van der Waals surface area contributed by atoms with E-state index in [4.69, 9.17) is 0 Å². The lowest BCUT2D eigenvalue weighted by Gasteiger charge is -2.19. The Hall–Kier alpha value is -9.22. The van der Waals surface area contributed by atoms with E-state index >= 15 is 0 Å². The van der Waals surface area contributed by atoms with Crippen LogP contribution in [0.15, 0.2) is 182 Å². The molecule has 0 aliphatic carbocycles. The first-order valence-corrected chi connectivity index (χ1v) is 25.4. The second-order valence-electron chi connectivity index (χ2n) is 20.8. The van der Waals surface area contributed by atoms with Gasteiger partial charge in [-0.2, -0.15) is 10.5 Å². The Labute approximate surface area is 433 Å². The van der Waals surface area contributed by atoms with Crippen LogP contribution in [0.4, 0.5) is 0 Å². The predicted molar refractivity (Wildman–Crippen MR) is 310 cm³/mol. The van der Waals surface area contributed by atoms with Crippen LogP contribution in [0, 0.1) is 78.1 Å². The van der Waals surface area contributed by atoms with Gasteiger partial charge in [0.1, 0.15) is 11.6 Å². The summed E-state index contributed by atoms with van der Waals surface area (Å²) in [7, 11) is 0. The molecule has 0 bridgehead atoms. The smallest absolute Gasteiger partial charge is 0.104 e. The van der Waals surface area contributed by atoms with Crippen molar-refractivity contribution in [2.45, 2.75) is 55.4 Å². The van der Waals surface area contributed by atoms with E-state index in [-0.39, 0.29) is 0 Å². The molecule has 0 spiro atoms. The highest BCUT2D eigenvalue weighted by Gasteiger charge is 2.25. The maximum atomic E-state index is 12.1. The average molecular weight is 951 g/mol. The standard InChI is InChI=1S/C70H54N4/c1-41-21-42(2)26-54(25-41)49-13-17-60-61-18-14-50(55-27-43(3)22-44(4)28-55)34-66(61)73(65(60)33-49)69-37-58(59-12-10-9-11-53(59)39-71)38-70(64(69)40-72)74-67-35-51(56-29-45(5)23-46(6)30-56)15-19-62(67)63-20-16-52(36-68(63)74)57-31-47(7)24-48(8)32-57/h9-38H,1-8H3. The van der Waals surface area contributed by atoms with Gasteiger partial charge in [0.2, 0.25) is 0 Å². The van der Waals surface area contributed by atoms with Crippen LogP contribution in [0.2, 0.25) is 0 Å². The number of nitrogens with zero attached hydrogens (tertiary/aromatic N) is 4. The van der Waals surface area contributed by atoms with Crippen LogP contribution in [0.5, 0.6) is 0 Å². The van der Waals surface area contributed by atoms with E-state index in [1.807, 2.05) is 24.3 Å². The molecular formula is C70H54N4. The molecule has 12 aromatic rings. The van der Waals surface area contributed by atoms with Gasteiger partial charge in [-0.05, 0) is 153 Å². The summed E-state index contributed by atoms with van der Waals surface area (Å²) >= 11 is 0. The molecule has 0 aliphatic rings. The summed E-state index contributed by atoms with van der Waals surface area (Å²) in [6.45, 7) is 17.2. The van der Waals surface area contributed by atoms with Crippen LogP contribution in [0.3, 0.4) is 0 Å². The SMILES string of the molecule is Cc1cc(C)cc(-c2ccc3c4ccc(-c5cc(C)cc(C)c5)cc4n(-c4cc(-c5ccccc5C#N)cc(-n5c6cc(-c7cc(C)cc(C)c7)ccc6c6ccc(-c7cc(C)cc(C)c7)cc65)c4C#N)c3c2)c1. The fourth-order valence-electron chi connectivity index (χ4n) is 11.9. The summed E-state index contributed by atoms with van der Waals surface area (Å²) in [5.41, 5.74) is 26.6. The number of aryl methyl sites for hydroxylation is 8. The fraction of sp³-hybridized carbons (Fsp3) is 0.114. The monoisotopic (exact) mass is 950 g/mol. The summed E-state index contributed by atoms with van der Waals surface area (Å²) < 4.78 is 4.64. The van der Waals surface area contributed by atoms with Crippen molar-refractivity contribution in [2.75, 3.05) is 0 Å². The molecule has 2 heterocycles. The number of hydrogen-bond acceptors (Lipinski definition) is 2. The fourth-order valence-corrected chi connectivity index (χ4v) is 11.9. The topological polar surface area (TPSA) is 57.4 Å². The molecule has 354 valence electrons. The second-order valence-corrected chi connectivity index (χ2v) is 20.8. The Morgan fingerprint density at radius 3 is 0.865 bits per heavy atom. The minimum Gasteiger partial charge on any atom is -0.308 e. The van der Waals surface area contributed by atoms with Gasteiger partial charge in [0.05, 0.1) is 45.1 Å². The van der Waals surface area contributed by atoms with Gasteiger partial charge < -0.3 is 9.13 Å². The largest absolute Gasteiger partial charge is 0.308 e. The zero-order valence-corrected chi connectivity index (χ0v) is 43.1. The molecule has 12 rings (SSSR count). The highest BCUT2D eigenvalue weighted by atomic mass is 15.0. The van der Waals surface area contributed by atoms with E-state index in [1.54, 1.807) is 0 Å². The van der Waals surface area contributed by atoms with Crippen molar-refractivity contribution >= 4 is 43.6 Å². The van der Waals surface area contributed by atoms with Crippen molar-refractivity contribution in [1.82, 2.24) is 9.13 Å². The summed E-state index contributed by atoms with van der Waals surface area (Å²) in [6, 6.07) is 71.4. The highest BCUT2D eigenvalue weighted by Crippen LogP contribution is 2.44. The van der Waals surface area contributed by atoms with E-state index in [9.17, 15) is 10.5 Å². The molecule has 0 unspecified atom stereocenters. The van der Waals surface area contributed by atoms with Gasteiger partial charge in [0.15, 0.2) is 0 Å². The summed E-state index contributed by atoms with van der Waals surface area (Å²) in [6.07, 6.45) is 0. The van der Waals surface area contributed by atoms with Crippen LogP contribution >= 0.6 is 0 Å². The van der Waals surface area contributed by atoms with Crippen molar-refractivity contribution in [3.63, 3.8) is 0 Å². The van der Waals surface area contributed by atoms with Crippen LogP contribution in [-0.4, -0.2) is 9.13 Å². The zero-order valence-electron chi connectivity index (χ0n) is 43.1. The van der Waals surface area contributed by atoms with Crippen LogP contribution in [0.25, 0.3) is 111 Å². The Kier molecular flexibility index (Phi) is 11.0. The van der Waals surface area contributed by atoms with Crippen molar-refractivity contribution in [1.29, 1.82) is 10.5 Å². The van der Waals surface area contributed by atoms with Gasteiger partial charge >= 0.3 is 0 Å². The normalized spacial score (nSPS) is 11.5. The van der Waals surface area contributed by atoms with Gasteiger partial charge in [-0.25, -0.2) is 0 Å². The van der Waals surface area contributed by atoms with E-state index in [0.29, 0.717) is 11.1 Å². The lowest BCUT2D eigenvalue weighted by molar-refractivity contribution is 1.12. The molecule has 2 aromatic heterocycles. The number of rotatable bonds is 7. The molecule has 0 N–H and O–H groups in total. The number of nitriles is 2. The lowest BCUT2D eigenvalue weighted by Crippen LogP contribution is -2.06. The third-order valence-corrected chi connectivity index (χ3v) is 14.8. The second kappa shape index (κ2) is 17.8. The molecule has 0 saturated carbocycles. The Morgan fingerprint density at radius 2 is 0.581 bits per heavy atom. The van der Waals surface area contributed by atoms with E-state index in [2.05, 4.69) is 234 Å².